The standard InChI is InChI=1S/C17H16O3/c1-12-3-4-13(11-18)9-15(12)14-5-6-16-17(10-14)20-8-2-7-19-16/h3-6,9-11H,2,7-8H2,1H3. The van der Waals surface area contributed by atoms with Crippen molar-refractivity contribution < 1.29 is 14.3 Å². The van der Waals surface area contributed by atoms with Crippen molar-refractivity contribution in [3.8, 4) is 22.6 Å². The fourth-order valence-corrected chi connectivity index (χ4v) is 2.35. The summed E-state index contributed by atoms with van der Waals surface area (Å²) in [5.74, 6) is 1.56. The van der Waals surface area contributed by atoms with Gasteiger partial charge in [-0.15, -0.1) is 0 Å². The SMILES string of the molecule is Cc1ccc(C=O)cc1-c1ccc2c(c1)OCCCO2. The quantitative estimate of drug-likeness (QED) is 0.780. The van der Waals surface area contributed by atoms with Crippen LogP contribution in [-0.4, -0.2) is 19.5 Å². The van der Waals surface area contributed by atoms with Gasteiger partial charge in [-0.05, 0) is 41.8 Å². The van der Waals surface area contributed by atoms with E-state index in [-0.39, 0.29) is 0 Å². The van der Waals surface area contributed by atoms with Crippen LogP contribution in [0.2, 0.25) is 0 Å². The molecule has 1 aliphatic rings. The highest BCUT2D eigenvalue weighted by Crippen LogP contribution is 2.35. The van der Waals surface area contributed by atoms with Gasteiger partial charge in [-0.3, -0.25) is 4.79 Å². The highest BCUT2D eigenvalue weighted by Gasteiger charge is 2.12. The van der Waals surface area contributed by atoms with E-state index in [2.05, 4.69) is 0 Å². The van der Waals surface area contributed by atoms with Crippen molar-refractivity contribution in [1.29, 1.82) is 0 Å². The third kappa shape index (κ3) is 2.39. The lowest BCUT2D eigenvalue weighted by Crippen LogP contribution is -1.97. The molecule has 0 aromatic heterocycles. The molecule has 0 unspecified atom stereocenters. The zero-order chi connectivity index (χ0) is 13.9. The van der Waals surface area contributed by atoms with Gasteiger partial charge in [0.05, 0.1) is 13.2 Å². The maximum absolute atomic E-state index is 10.9. The monoisotopic (exact) mass is 268 g/mol. The Morgan fingerprint density at radius 2 is 1.80 bits per heavy atom. The fourth-order valence-electron chi connectivity index (χ4n) is 2.35. The molecule has 1 aliphatic heterocycles. The molecule has 0 radical (unpaired) electrons. The summed E-state index contributed by atoms with van der Waals surface area (Å²) in [5.41, 5.74) is 3.89. The van der Waals surface area contributed by atoms with Crippen LogP contribution < -0.4 is 9.47 Å². The number of ether oxygens (including phenoxy) is 2. The Labute approximate surface area is 118 Å². The van der Waals surface area contributed by atoms with Crippen molar-refractivity contribution in [3.05, 3.63) is 47.5 Å². The van der Waals surface area contributed by atoms with Crippen LogP contribution in [0.1, 0.15) is 22.3 Å². The summed E-state index contributed by atoms with van der Waals surface area (Å²) in [4.78, 5) is 10.9. The third-order valence-electron chi connectivity index (χ3n) is 3.46. The van der Waals surface area contributed by atoms with E-state index in [0.717, 1.165) is 40.9 Å². The normalized spacial score (nSPS) is 13.7. The first-order valence-corrected chi connectivity index (χ1v) is 6.74. The zero-order valence-corrected chi connectivity index (χ0v) is 11.4. The number of benzene rings is 2. The molecule has 0 saturated heterocycles. The van der Waals surface area contributed by atoms with Crippen LogP contribution in [0.3, 0.4) is 0 Å². The lowest BCUT2D eigenvalue weighted by Gasteiger charge is -2.11. The number of carbonyl (C=O) groups excluding carboxylic acids is 1. The number of aldehydes is 1. The number of aryl methyl sites for hydroxylation is 1. The van der Waals surface area contributed by atoms with E-state index in [4.69, 9.17) is 9.47 Å². The van der Waals surface area contributed by atoms with Crippen LogP contribution in [0, 0.1) is 6.92 Å². The molecule has 2 aromatic rings. The molecule has 0 saturated carbocycles. The van der Waals surface area contributed by atoms with Crippen LogP contribution in [0.15, 0.2) is 36.4 Å². The summed E-state index contributed by atoms with van der Waals surface area (Å²) in [5, 5.41) is 0. The Balaban J connectivity index is 2.06. The second-order valence-corrected chi connectivity index (χ2v) is 4.90. The van der Waals surface area contributed by atoms with E-state index < -0.39 is 0 Å². The first-order chi connectivity index (χ1) is 9.78. The minimum Gasteiger partial charge on any atom is -0.490 e. The summed E-state index contributed by atoms with van der Waals surface area (Å²) in [6.45, 7) is 3.39. The smallest absolute Gasteiger partial charge is 0.161 e. The van der Waals surface area contributed by atoms with Gasteiger partial charge in [0.25, 0.3) is 0 Å². The Bertz CT molecular complexity index is 647. The molecule has 3 rings (SSSR count). The Hall–Kier alpha value is -2.29. The minimum absolute atomic E-state index is 0.670. The largest absolute Gasteiger partial charge is 0.490 e. The number of hydrogen-bond donors (Lipinski definition) is 0. The maximum Gasteiger partial charge on any atom is 0.161 e. The molecule has 3 nitrogen and oxygen atoms in total. The first kappa shape index (κ1) is 12.7. The third-order valence-corrected chi connectivity index (χ3v) is 3.46. The van der Waals surface area contributed by atoms with E-state index >= 15 is 0 Å². The van der Waals surface area contributed by atoms with Crippen molar-refractivity contribution in [2.24, 2.45) is 0 Å². The van der Waals surface area contributed by atoms with Crippen molar-refractivity contribution in [3.63, 3.8) is 0 Å². The van der Waals surface area contributed by atoms with E-state index in [9.17, 15) is 4.79 Å². The van der Waals surface area contributed by atoms with Gasteiger partial charge in [-0.2, -0.15) is 0 Å². The molecule has 0 fully saturated rings. The maximum atomic E-state index is 10.9. The molecule has 102 valence electrons. The topological polar surface area (TPSA) is 35.5 Å². The average Bonchev–Trinajstić information content (AvgIpc) is 2.72. The van der Waals surface area contributed by atoms with Crippen molar-refractivity contribution in [2.75, 3.05) is 13.2 Å². The van der Waals surface area contributed by atoms with Crippen molar-refractivity contribution >= 4 is 6.29 Å². The van der Waals surface area contributed by atoms with Gasteiger partial charge in [0.2, 0.25) is 0 Å². The summed E-state index contributed by atoms with van der Waals surface area (Å²) < 4.78 is 11.3. The van der Waals surface area contributed by atoms with E-state index in [1.807, 2.05) is 43.3 Å². The molecular weight excluding hydrogens is 252 g/mol. The molecule has 0 spiro atoms. The van der Waals surface area contributed by atoms with Crippen LogP contribution in [0.5, 0.6) is 11.5 Å². The highest BCUT2D eigenvalue weighted by molar-refractivity contribution is 5.80. The molecule has 1 heterocycles. The molecule has 0 aliphatic carbocycles. The Kier molecular flexibility index (Phi) is 3.42. The van der Waals surface area contributed by atoms with Gasteiger partial charge in [0.1, 0.15) is 6.29 Å². The van der Waals surface area contributed by atoms with Crippen LogP contribution in [0.4, 0.5) is 0 Å². The summed E-state index contributed by atoms with van der Waals surface area (Å²) in [6.07, 6.45) is 1.76. The second-order valence-electron chi connectivity index (χ2n) is 4.90. The minimum atomic E-state index is 0.670. The number of carbonyl (C=O) groups is 1. The predicted molar refractivity (Wildman–Crippen MR) is 77.6 cm³/mol. The van der Waals surface area contributed by atoms with E-state index in [1.54, 1.807) is 0 Å². The Morgan fingerprint density at radius 1 is 1.00 bits per heavy atom. The Morgan fingerprint density at radius 3 is 2.60 bits per heavy atom. The van der Waals surface area contributed by atoms with Crippen LogP contribution in [0.25, 0.3) is 11.1 Å². The lowest BCUT2D eigenvalue weighted by molar-refractivity contribution is 0.112. The number of rotatable bonds is 2. The van der Waals surface area contributed by atoms with Crippen LogP contribution in [-0.2, 0) is 0 Å². The molecule has 2 aromatic carbocycles. The highest BCUT2D eigenvalue weighted by atomic mass is 16.5. The van der Waals surface area contributed by atoms with Gasteiger partial charge in [0, 0.05) is 12.0 Å². The molecule has 3 heteroatoms. The number of hydrogen-bond acceptors (Lipinski definition) is 3. The molecule has 0 amide bonds. The molecule has 0 bridgehead atoms. The van der Waals surface area contributed by atoms with Gasteiger partial charge in [0.15, 0.2) is 11.5 Å². The summed E-state index contributed by atoms with van der Waals surface area (Å²) >= 11 is 0. The summed E-state index contributed by atoms with van der Waals surface area (Å²) in [6, 6.07) is 11.6. The van der Waals surface area contributed by atoms with Crippen LogP contribution >= 0.6 is 0 Å². The van der Waals surface area contributed by atoms with E-state index in [0.29, 0.717) is 18.8 Å². The van der Waals surface area contributed by atoms with Gasteiger partial charge >= 0.3 is 0 Å². The molecular formula is C17H16O3. The van der Waals surface area contributed by atoms with Crippen molar-refractivity contribution in [2.45, 2.75) is 13.3 Å². The molecule has 0 N–H and O–H groups in total. The summed E-state index contributed by atoms with van der Waals surface area (Å²) in [7, 11) is 0. The average molecular weight is 268 g/mol. The first-order valence-electron chi connectivity index (χ1n) is 6.74. The lowest BCUT2D eigenvalue weighted by atomic mass is 9.98. The van der Waals surface area contributed by atoms with E-state index in [1.165, 1.54) is 0 Å². The zero-order valence-electron chi connectivity index (χ0n) is 11.4. The predicted octanol–water partition coefficient (Wildman–Crippen LogP) is 3.64. The number of fused-ring (bicyclic) bond motifs is 1. The van der Waals surface area contributed by atoms with Crippen molar-refractivity contribution in [1.82, 2.24) is 0 Å². The molecule has 20 heavy (non-hydrogen) atoms. The fraction of sp³-hybridized carbons (Fsp3) is 0.235. The molecule has 0 atom stereocenters. The van der Waals surface area contributed by atoms with Gasteiger partial charge < -0.3 is 9.47 Å². The second kappa shape index (κ2) is 5.37. The van der Waals surface area contributed by atoms with Gasteiger partial charge in [-0.25, -0.2) is 0 Å². The van der Waals surface area contributed by atoms with Gasteiger partial charge in [-0.1, -0.05) is 18.2 Å².